The van der Waals surface area contributed by atoms with E-state index >= 15 is 0 Å². The molecule has 114 valence electrons. The fraction of sp³-hybridized carbons (Fsp3) is 0.0714. The van der Waals surface area contributed by atoms with Crippen LogP contribution in [0, 0.1) is 10.6 Å². The smallest absolute Gasteiger partial charge is 0.236 e. The second-order valence-corrected chi connectivity index (χ2v) is 8.83. The summed E-state index contributed by atoms with van der Waals surface area (Å²) in [6.45, 7) is 1.91. The van der Waals surface area contributed by atoms with Crippen molar-refractivity contribution in [1.29, 1.82) is 0 Å². The summed E-state index contributed by atoms with van der Waals surface area (Å²) in [5.41, 5.74) is 1.31. The highest BCUT2D eigenvalue weighted by molar-refractivity contribution is 14.1. The number of aromatic nitrogens is 2. The second kappa shape index (κ2) is 5.77. The van der Waals surface area contributed by atoms with Crippen molar-refractivity contribution < 1.29 is 8.42 Å². The molecule has 0 atom stereocenters. The van der Waals surface area contributed by atoms with E-state index in [-0.39, 0.29) is 4.90 Å². The molecule has 0 aliphatic rings. The normalized spacial score (nSPS) is 12.0. The first-order valence-corrected chi connectivity index (χ1v) is 9.84. The van der Waals surface area contributed by atoms with Gasteiger partial charge in [-0.05, 0) is 63.6 Å². The Bertz CT molecular complexity index is 984. The fourth-order valence-electron chi connectivity index (χ4n) is 2.08. The third kappa shape index (κ3) is 2.57. The van der Waals surface area contributed by atoms with Gasteiger partial charge >= 0.3 is 0 Å². The maximum atomic E-state index is 12.9. The number of fused-ring (bicyclic) bond motifs is 1. The number of aryl methyl sites for hydroxylation is 1. The molecule has 0 fully saturated rings. The van der Waals surface area contributed by atoms with E-state index < -0.39 is 10.0 Å². The number of nitrogens with zero attached hydrogens (tertiary/aromatic N) is 2. The molecule has 2 heterocycles. The molecule has 0 aliphatic carbocycles. The molecule has 0 N–H and O–H groups in total. The van der Waals surface area contributed by atoms with Gasteiger partial charge < -0.3 is 0 Å². The first-order valence-electron chi connectivity index (χ1n) is 6.15. The van der Waals surface area contributed by atoms with Gasteiger partial charge in [0.05, 0.1) is 18.1 Å². The molecule has 0 saturated heterocycles. The topological polar surface area (TPSA) is 52.0 Å². The van der Waals surface area contributed by atoms with Gasteiger partial charge in [-0.25, -0.2) is 17.4 Å². The molecule has 0 unspecified atom stereocenters. The van der Waals surface area contributed by atoms with Crippen molar-refractivity contribution in [1.82, 2.24) is 8.96 Å². The fourth-order valence-corrected chi connectivity index (χ4v) is 5.25. The average Bonchev–Trinajstić information content (AvgIpc) is 2.81. The summed E-state index contributed by atoms with van der Waals surface area (Å²) in [6.07, 6.45) is 1.50. The lowest BCUT2D eigenvalue weighted by molar-refractivity contribution is 0.588. The van der Waals surface area contributed by atoms with E-state index in [1.165, 1.54) is 10.2 Å². The summed E-state index contributed by atoms with van der Waals surface area (Å²) in [6, 6.07) is 8.42. The van der Waals surface area contributed by atoms with Crippen LogP contribution in [0.5, 0.6) is 0 Å². The number of benzene rings is 1. The lowest BCUT2D eigenvalue weighted by atomic mass is 10.2. The molecule has 0 bridgehead atoms. The van der Waals surface area contributed by atoms with Crippen LogP contribution in [0.1, 0.15) is 5.56 Å². The van der Waals surface area contributed by atoms with Crippen LogP contribution in [0.2, 0.25) is 5.02 Å². The molecule has 3 aromatic rings. The van der Waals surface area contributed by atoms with Crippen LogP contribution in [-0.2, 0) is 10.0 Å². The van der Waals surface area contributed by atoms with Crippen molar-refractivity contribution in [3.05, 3.63) is 55.3 Å². The van der Waals surface area contributed by atoms with Crippen LogP contribution >= 0.6 is 50.1 Å². The second-order valence-electron chi connectivity index (χ2n) is 4.71. The molecule has 0 aliphatic heterocycles. The summed E-state index contributed by atoms with van der Waals surface area (Å²) < 4.78 is 28.2. The van der Waals surface area contributed by atoms with Crippen LogP contribution in [0.15, 0.2) is 45.9 Å². The Morgan fingerprint density at radius 3 is 2.55 bits per heavy atom. The van der Waals surface area contributed by atoms with Crippen LogP contribution in [-0.4, -0.2) is 17.4 Å². The highest BCUT2D eigenvalue weighted by Gasteiger charge is 2.24. The molecular formula is C14H9BrClIN2O2S. The molecule has 1 aromatic carbocycles. The van der Waals surface area contributed by atoms with Gasteiger partial charge in [-0.1, -0.05) is 29.3 Å². The molecule has 4 nitrogen and oxygen atoms in total. The van der Waals surface area contributed by atoms with Gasteiger partial charge in [-0.3, -0.25) is 0 Å². The van der Waals surface area contributed by atoms with Gasteiger partial charge in [-0.2, -0.15) is 0 Å². The monoisotopic (exact) mass is 510 g/mol. The largest absolute Gasteiger partial charge is 0.270 e. The van der Waals surface area contributed by atoms with Crippen molar-refractivity contribution in [2.24, 2.45) is 0 Å². The highest BCUT2D eigenvalue weighted by atomic mass is 127. The minimum absolute atomic E-state index is 0.217. The van der Waals surface area contributed by atoms with E-state index in [1.54, 1.807) is 30.3 Å². The van der Waals surface area contributed by atoms with Crippen molar-refractivity contribution in [3.8, 4) is 0 Å². The Morgan fingerprint density at radius 2 is 1.91 bits per heavy atom. The van der Waals surface area contributed by atoms with Gasteiger partial charge in [0.2, 0.25) is 0 Å². The molecule has 0 amide bonds. The zero-order valence-electron chi connectivity index (χ0n) is 11.2. The average molecular weight is 512 g/mol. The molecule has 3 rings (SSSR count). The Hall–Kier alpha value is -0.640. The summed E-state index contributed by atoms with van der Waals surface area (Å²) in [7, 11) is -3.73. The van der Waals surface area contributed by atoms with E-state index in [9.17, 15) is 8.42 Å². The zero-order chi connectivity index (χ0) is 16.1. The molecule has 22 heavy (non-hydrogen) atoms. The highest BCUT2D eigenvalue weighted by Crippen LogP contribution is 2.33. The quantitative estimate of drug-likeness (QED) is 0.473. The lowest BCUT2D eigenvalue weighted by Gasteiger charge is -2.09. The third-order valence-corrected chi connectivity index (χ3v) is 7.27. The predicted molar refractivity (Wildman–Crippen MR) is 98.9 cm³/mol. The van der Waals surface area contributed by atoms with E-state index in [1.807, 2.05) is 29.5 Å². The van der Waals surface area contributed by atoms with Crippen molar-refractivity contribution in [2.45, 2.75) is 11.8 Å². The van der Waals surface area contributed by atoms with Crippen LogP contribution in [0.3, 0.4) is 0 Å². The Balaban J connectivity index is 2.32. The standard InChI is InChI=1S/C14H9BrClIN2O2S/c1-8-2-4-9(5-3-8)22(20,21)19-12(17)6-10-13(16)11(15)7-18-14(10)19/h2-7H,1H3. The SMILES string of the molecule is Cc1ccc(S(=O)(=O)n2c(I)cc3c(Cl)c(Br)cnc32)cc1. The summed E-state index contributed by atoms with van der Waals surface area (Å²) in [5, 5.41) is 1.04. The van der Waals surface area contributed by atoms with E-state index in [0.717, 1.165) is 5.56 Å². The maximum Gasteiger partial charge on any atom is 0.270 e. The van der Waals surface area contributed by atoms with Gasteiger partial charge in [0.1, 0.15) is 0 Å². The minimum atomic E-state index is -3.73. The predicted octanol–water partition coefficient (Wildman–Crippen LogP) is 4.60. The first-order chi connectivity index (χ1) is 10.3. The van der Waals surface area contributed by atoms with Gasteiger partial charge in [0.25, 0.3) is 10.0 Å². The van der Waals surface area contributed by atoms with Crippen molar-refractivity contribution in [3.63, 3.8) is 0 Å². The molecular weight excluding hydrogens is 502 g/mol. The molecule has 0 radical (unpaired) electrons. The van der Waals surface area contributed by atoms with Crippen LogP contribution in [0.25, 0.3) is 11.0 Å². The molecule has 0 saturated carbocycles. The number of rotatable bonds is 2. The Kier molecular flexibility index (Phi) is 4.26. The van der Waals surface area contributed by atoms with Gasteiger partial charge in [-0.15, -0.1) is 0 Å². The maximum absolute atomic E-state index is 12.9. The number of pyridine rings is 1. The van der Waals surface area contributed by atoms with Gasteiger partial charge in [0, 0.05) is 11.6 Å². The summed E-state index contributed by atoms with van der Waals surface area (Å²) >= 11 is 11.5. The van der Waals surface area contributed by atoms with Crippen LogP contribution < -0.4 is 0 Å². The van der Waals surface area contributed by atoms with E-state index in [2.05, 4.69) is 20.9 Å². The molecule has 0 spiro atoms. The summed E-state index contributed by atoms with van der Waals surface area (Å²) in [4.78, 5) is 4.44. The Morgan fingerprint density at radius 1 is 1.27 bits per heavy atom. The molecule has 8 heteroatoms. The molecule has 2 aromatic heterocycles. The summed E-state index contributed by atoms with van der Waals surface area (Å²) in [5.74, 6) is 0. The first kappa shape index (κ1) is 16.2. The lowest BCUT2D eigenvalue weighted by Crippen LogP contribution is -2.15. The van der Waals surface area contributed by atoms with Crippen molar-refractivity contribution in [2.75, 3.05) is 0 Å². The number of hydrogen-bond donors (Lipinski definition) is 0. The number of hydrogen-bond acceptors (Lipinski definition) is 3. The van der Waals surface area contributed by atoms with E-state index in [0.29, 0.717) is 24.2 Å². The number of halogens is 3. The van der Waals surface area contributed by atoms with Gasteiger partial charge in [0.15, 0.2) is 5.65 Å². The zero-order valence-corrected chi connectivity index (χ0v) is 16.5. The Labute approximate surface area is 154 Å². The van der Waals surface area contributed by atoms with Crippen molar-refractivity contribution >= 4 is 71.2 Å². The van der Waals surface area contributed by atoms with E-state index in [4.69, 9.17) is 11.6 Å². The minimum Gasteiger partial charge on any atom is -0.236 e. The van der Waals surface area contributed by atoms with Crippen LogP contribution in [0.4, 0.5) is 0 Å². The third-order valence-electron chi connectivity index (χ3n) is 3.20.